The molecule has 0 saturated heterocycles. The summed E-state index contributed by atoms with van der Waals surface area (Å²) in [7, 11) is 0. The van der Waals surface area contributed by atoms with Crippen molar-refractivity contribution in [3.63, 3.8) is 0 Å². The van der Waals surface area contributed by atoms with E-state index in [1.54, 1.807) is 31.2 Å². The third kappa shape index (κ3) is 5.13. The number of esters is 1. The molecule has 0 aliphatic heterocycles. The van der Waals surface area contributed by atoms with Crippen LogP contribution in [0, 0.1) is 18.3 Å². The minimum Gasteiger partial charge on any atom is -0.464 e. The highest BCUT2D eigenvalue weighted by molar-refractivity contribution is 5.97. The summed E-state index contributed by atoms with van der Waals surface area (Å²) < 4.78 is 4.98. The van der Waals surface area contributed by atoms with Crippen molar-refractivity contribution in [2.75, 3.05) is 18.5 Å². The van der Waals surface area contributed by atoms with Gasteiger partial charge in [0.05, 0.1) is 13.2 Å². The molecule has 0 fully saturated rings. The predicted octanol–water partition coefficient (Wildman–Crippen LogP) is 2.05. The topological polar surface area (TPSA) is 67.4 Å². The Labute approximate surface area is 131 Å². The van der Waals surface area contributed by atoms with Gasteiger partial charge in [-0.25, -0.2) is 4.79 Å². The molecule has 1 atom stereocenters. The van der Waals surface area contributed by atoms with Crippen LogP contribution in [0.5, 0.6) is 0 Å². The molecule has 2 N–H and O–H groups in total. The lowest BCUT2D eigenvalue weighted by atomic mass is 10.0. The Morgan fingerprint density at radius 1 is 1.27 bits per heavy atom. The number of hydrogen-bond donors (Lipinski definition) is 2. The largest absolute Gasteiger partial charge is 0.464 e. The zero-order valence-corrected chi connectivity index (χ0v) is 13.2. The maximum Gasteiger partial charge on any atom is 0.328 e. The van der Waals surface area contributed by atoms with E-state index in [2.05, 4.69) is 16.6 Å². The molecule has 118 valence electrons. The number of amides is 1. The van der Waals surface area contributed by atoms with Crippen molar-refractivity contribution in [3.8, 4) is 12.3 Å². The standard InChI is InChI=1S/C17H22N2O3/c1-5-11-18-14-9-7-13(8-10-14)16(20)19-15(12(3)4)17(21)22-6-2/h1,7-10,12,15,18H,6,11H2,2-4H3,(H,19,20)/t15-/m0/s1. The normalized spacial score (nSPS) is 11.4. The second-order valence-corrected chi connectivity index (χ2v) is 5.08. The molecule has 1 aromatic carbocycles. The Kier molecular flexibility index (Phi) is 6.97. The fourth-order valence-electron chi connectivity index (χ4n) is 1.85. The van der Waals surface area contributed by atoms with E-state index in [-0.39, 0.29) is 18.4 Å². The highest BCUT2D eigenvalue weighted by atomic mass is 16.5. The molecule has 1 amide bonds. The number of hydrogen-bond acceptors (Lipinski definition) is 4. The molecule has 1 aromatic rings. The second kappa shape index (κ2) is 8.73. The van der Waals surface area contributed by atoms with Gasteiger partial charge in [0.25, 0.3) is 5.91 Å². The van der Waals surface area contributed by atoms with Crippen LogP contribution in [0.2, 0.25) is 0 Å². The van der Waals surface area contributed by atoms with Crippen LogP contribution in [-0.2, 0) is 9.53 Å². The number of benzene rings is 1. The molecule has 0 spiro atoms. The molecular formula is C17H22N2O3. The van der Waals surface area contributed by atoms with Gasteiger partial charge in [-0.1, -0.05) is 19.8 Å². The summed E-state index contributed by atoms with van der Waals surface area (Å²) in [4.78, 5) is 24.1. The van der Waals surface area contributed by atoms with E-state index in [9.17, 15) is 9.59 Å². The molecule has 1 rings (SSSR count). The van der Waals surface area contributed by atoms with Crippen LogP contribution in [-0.4, -0.2) is 31.1 Å². The summed E-state index contributed by atoms with van der Waals surface area (Å²) in [6.45, 7) is 6.15. The third-order valence-electron chi connectivity index (χ3n) is 3.04. The van der Waals surface area contributed by atoms with E-state index in [4.69, 9.17) is 11.2 Å². The molecule has 0 unspecified atom stereocenters. The lowest BCUT2D eigenvalue weighted by molar-refractivity contribution is -0.146. The number of rotatable bonds is 7. The first-order valence-corrected chi connectivity index (χ1v) is 7.24. The van der Waals surface area contributed by atoms with E-state index >= 15 is 0 Å². The van der Waals surface area contributed by atoms with Gasteiger partial charge in [0.1, 0.15) is 6.04 Å². The van der Waals surface area contributed by atoms with E-state index in [1.807, 2.05) is 13.8 Å². The number of carbonyl (C=O) groups excluding carboxylic acids is 2. The summed E-state index contributed by atoms with van der Waals surface area (Å²) in [6.07, 6.45) is 5.17. The molecule has 22 heavy (non-hydrogen) atoms. The number of terminal acetylenes is 1. The Hall–Kier alpha value is -2.48. The first-order chi connectivity index (χ1) is 10.5. The predicted molar refractivity (Wildman–Crippen MR) is 86.5 cm³/mol. The van der Waals surface area contributed by atoms with Crippen LogP contribution in [0.25, 0.3) is 0 Å². The highest BCUT2D eigenvalue weighted by Gasteiger charge is 2.25. The smallest absolute Gasteiger partial charge is 0.328 e. The van der Waals surface area contributed by atoms with Gasteiger partial charge in [0, 0.05) is 11.3 Å². The fraction of sp³-hybridized carbons (Fsp3) is 0.412. The molecule has 0 radical (unpaired) electrons. The van der Waals surface area contributed by atoms with Gasteiger partial charge < -0.3 is 15.4 Å². The number of carbonyl (C=O) groups is 2. The first kappa shape index (κ1) is 17.6. The molecule has 5 heteroatoms. The quantitative estimate of drug-likeness (QED) is 0.597. The van der Waals surface area contributed by atoms with Gasteiger partial charge in [-0.2, -0.15) is 0 Å². The van der Waals surface area contributed by atoms with Crippen LogP contribution in [0.3, 0.4) is 0 Å². The number of ether oxygens (including phenoxy) is 1. The van der Waals surface area contributed by atoms with Crippen LogP contribution >= 0.6 is 0 Å². The summed E-state index contributed by atoms with van der Waals surface area (Å²) in [5.41, 5.74) is 1.31. The van der Waals surface area contributed by atoms with Gasteiger partial charge in [-0.3, -0.25) is 4.79 Å². The molecule has 0 aromatic heterocycles. The molecule has 0 saturated carbocycles. The van der Waals surface area contributed by atoms with Crippen molar-refractivity contribution in [2.45, 2.75) is 26.8 Å². The van der Waals surface area contributed by atoms with Gasteiger partial charge in [0.15, 0.2) is 0 Å². The third-order valence-corrected chi connectivity index (χ3v) is 3.04. The fourth-order valence-corrected chi connectivity index (χ4v) is 1.85. The zero-order valence-electron chi connectivity index (χ0n) is 13.2. The summed E-state index contributed by atoms with van der Waals surface area (Å²) in [5, 5.41) is 5.73. The van der Waals surface area contributed by atoms with E-state index in [1.165, 1.54) is 0 Å². The SMILES string of the molecule is C#CCNc1ccc(C(=O)N[C@H](C(=O)OCC)C(C)C)cc1. The molecule has 0 bridgehead atoms. The average molecular weight is 302 g/mol. The molecule has 5 nitrogen and oxygen atoms in total. The lowest BCUT2D eigenvalue weighted by Gasteiger charge is -2.20. The maximum atomic E-state index is 12.2. The van der Waals surface area contributed by atoms with Crippen molar-refractivity contribution in [1.29, 1.82) is 0 Å². The Morgan fingerprint density at radius 3 is 2.41 bits per heavy atom. The van der Waals surface area contributed by atoms with Crippen molar-refractivity contribution in [3.05, 3.63) is 29.8 Å². The van der Waals surface area contributed by atoms with Crippen LogP contribution < -0.4 is 10.6 Å². The van der Waals surface area contributed by atoms with Gasteiger partial charge in [0.2, 0.25) is 0 Å². The molecule has 0 aliphatic rings. The maximum absolute atomic E-state index is 12.2. The second-order valence-electron chi connectivity index (χ2n) is 5.08. The van der Waals surface area contributed by atoms with Crippen molar-refractivity contribution >= 4 is 17.6 Å². The Bertz CT molecular complexity index is 544. The van der Waals surface area contributed by atoms with Gasteiger partial charge in [-0.05, 0) is 37.1 Å². The lowest BCUT2D eigenvalue weighted by Crippen LogP contribution is -2.45. The number of nitrogens with one attached hydrogen (secondary N) is 2. The minimum atomic E-state index is -0.660. The Balaban J connectivity index is 2.73. The number of anilines is 1. The van der Waals surface area contributed by atoms with Crippen LogP contribution in [0.4, 0.5) is 5.69 Å². The molecule has 0 heterocycles. The minimum absolute atomic E-state index is 0.0560. The summed E-state index contributed by atoms with van der Waals surface area (Å²) in [6, 6.07) is 6.22. The van der Waals surface area contributed by atoms with E-state index < -0.39 is 12.0 Å². The summed E-state index contributed by atoms with van der Waals surface area (Å²) >= 11 is 0. The first-order valence-electron chi connectivity index (χ1n) is 7.24. The molecule has 0 aliphatic carbocycles. The monoisotopic (exact) mass is 302 g/mol. The zero-order chi connectivity index (χ0) is 16.5. The van der Waals surface area contributed by atoms with E-state index in [0.717, 1.165) is 5.69 Å². The van der Waals surface area contributed by atoms with Crippen molar-refractivity contribution in [2.24, 2.45) is 5.92 Å². The van der Waals surface area contributed by atoms with Crippen LogP contribution in [0.15, 0.2) is 24.3 Å². The van der Waals surface area contributed by atoms with Gasteiger partial charge >= 0.3 is 5.97 Å². The Morgan fingerprint density at radius 2 is 1.91 bits per heavy atom. The summed E-state index contributed by atoms with van der Waals surface area (Å²) in [5.74, 6) is 1.69. The van der Waals surface area contributed by atoms with Crippen molar-refractivity contribution < 1.29 is 14.3 Å². The average Bonchev–Trinajstić information content (AvgIpc) is 2.50. The van der Waals surface area contributed by atoms with Crippen LogP contribution in [0.1, 0.15) is 31.1 Å². The highest BCUT2D eigenvalue weighted by Crippen LogP contribution is 2.11. The molecular weight excluding hydrogens is 280 g/mol. The van der Waals surface area contributed by atoms with Crippen molar-refractivity contribution in [1.82, 2.24) is 5.32 Å². The van der Waals surface area contributed by atoms with E-state index in [0.29, 0.717) is 12.1 Å². The van der Waals surface area contributed by atoms with Gasteiger partial charge in [-0.15, -0.1) is 6.42 Å².